The van der Waals surface area contributed by atoms with Crippen LogP contribution in [0.15, 0.2) is 18.2 Å². The minimum Gasteiger partial charge on any atom is -0.481 e. The van der Waals surface area contributed by atoms with E-state index in [0.717, 1.165) is 5.56 Å². The Morgan fingerprint density at radius 3 is 2.48 bits per heavy atom. The maximum atomic E-state index is 13.3. The van der Waals surface area contributed by atoms with Gasteiger partial charge in [-0.3, -0.25) is 9.59 Å². The van der Waals surface area contributed by atoms with E-state index in [1.54, 1.807) is 17.9 Å². The molecule has 1 aromatic carbocycles. The van der Waals surface area contributed by atoms with Gasteiger partial charge in [0.2, 0.25) is 0 Å². The highest BCUT2D eigenvalue weighted by Crippen LogP contribution is 2.35. The summed E-state index contributed by atoms with van der Waals surface area (Å²) in [5.74, 6) is -1.45. The van der Waals surface area contributed by atoms with Gasteiger partial charge in [0.05, 0.1) is 5.41 Å². The maximum absolute atomic E-state index is 13.3. The van der Waals surface area contributed by atoms with Crippen LogP contribution in [-0.2, 0) is 4.79 Å². The first-order valence-corrected chi connectivity index (χ1v) is 7.18. The summed E-state index contributed by atoms with van der Waals surface area (Å²) in [6.45, 7) is 4.43. The van der Waals surface area contributed by atoms with Gasteiger partial charge in [-0.15, -0.1) is 0 Å². The number of halogens is 1. The van der Waals surface area contributed by atoms with Crippen molar-refractivity contribution in [2.75, 3.05) is 13.1 Å². The van der Waals surface area contributed by atoms with E-state index in [1.807, 2.05) is 6.92 Å². The molecule has 0 saturated carbocycles. The molecule has 0 atom stereocenters. The van der Waals surface area contributed by atoms with Crippen LogP contribution < -0.4 is 0 Å². The number of carbonyl (C=O) groups excluding carboxylic acids is 1. The number of aryl methyl sites for hydroxylation is 1. The normalized spacial score (nSPS) is 17.6. The molecule has 0 radical (unpaired) electrons. The van der Waals surface area contributed by atoms with Crippen LogP contribution in [0.2, 0.25) is 0 Å². The molecule has 21 heavy (non-hydrogen) atoms. The van der Waals surface area contributed by atoms with E-state index in [9.17, 15) is 19.1 Å². The fourth-order valence-electron chi connectivity index (χ4n) is 2.85. The van der Waals surface area contributed by atoms with E-state index in [1.165, 1.54) is 12.1 Å². The quantitative estimate of drug-likeness (QED) is 0.932. The van der Waals surface area contributed by atoms with Gasteiger partial charge in [0.15, 0.2) is 0 Å². The molecule has 1 aliphatic heterocycles. The molecule has 0 bridgehead atoms. The predicted molar refractivity (Wildman–Crippen MR) is 76.6 cm³/mol. The zero-order chi connectivity index (χ0) is 15.6. The van der Waals surface area contributed by atoms with Crippen molar-refractivity contribution in [2.45, 2.75) is 33.1 Å². The number of benzene rings is 1. The van der Waals surface area contributed by atoms with Crippen LogP contribution in [-0.4, -0.2) is 35.0 Å². The summed E-state index contributed by atoms with van der Waals surface area (Å²) in [4.78, 5) is 25.5. The second-order valence-corrected chi connectivity index (χ2v) is 5.69. The summed E-state index contributed by atoms with van der Waals surface area (Å²) in [5, 5.41) is 9.36. The van der Waals surface area contributed by atoms with Crippen LogP contribution in [0.5, 0.6) is 0 Å². The lowest BCUT2D eigenvalue weighted by Crippen LogP contribution is -2.46. The maximum Gasteiger partial charge on any atom is 0.309 e. The smallest absolute Gasteiger partial charge is 0.309 e. The zero-order valence-corrected chi connectivity index (χ0v) is 12.4. The molecule has 1 N–H and O–H groups in total. The Balaban J connectivity index is 2.13. The molecular formula is C16H20FNO3. The molecule has 1 amide bonds. The Bertz CT molecular complexity index is 563. The van der Waals surface area contributed by atoms with Gasteiger partial charge in [0, 0.05) is 18.7 Å². The first-order chi connectivity index (χ1) is 9.89. The van der Waals surface area contributed by atoms with Gasteiger partial charge in [0.25, 0.3) is 5.91 Å². The van der Waals surface area contributed by atoms with Crippen LogP contribution in [0.25, 0.3) is 0 Å². The molecule has 1 aromatic rings. The van der Waals surface area contributed by atoms with Gasteiger partial charge in [-0.2, -0.15) is 0 Å². The summed E-state index contributed by atoms with van der Waals surface area (Å²) in [5.41, 5.74) is 0.356. The Morgan fingerprint density at radius 2 is 1.95 bits per heavy atom. The van der Waals surface area contributed by atoms with Crippen LogP contribution in [0, 0.1) is 18.2 Å². The van der Waals surface area contributed by atoms with E-state index >= 15 is 0 Å². The monoisotopic (exact) mass is 293 g/mol. The summed E-state index contributed by atoms with van der Waals surface area (Å²) < 4.78 is 13.3. The van der Waals surface area contributed by atoms with E-state index in [2.05, 4.69) is 0 Å². The molecule has 0 aromatic heterocycles. The van der Waals surface area contributed by atoms with Crippen molar-refractivity contribution in [1.82, 2.24) is 4.90 Å². The first-order valence-electron chi connectivity index (χ1n) is 7.18. The third kappa shape index (κ3) is 2.91. The average Bonchev–Trinajstić information content (AvgIpc) is 2.49. The molecule has 0 spiro atoms. The molecule has 0 unspecified atom stereocenters. The number of carboxylic acids is 1. The number of aliphatic carboxylic acids is 1. The van der Waals surface area contributed by atoms with E-state index in [0.29, 0.717) is 37.9 Å². The van der Waals surface area contributed by atoms with Crippen molar-refractivity contribution >= 4 is 11.9 Å². The number of amides is 1. The Labute approximate surface area is 123 Å². The van der Waals surface area contributed by atoms with Crippen LogP contribution in [0.1, 0.15) is 42.1 Å². The van der Waals surface area contributed by atoms with E-state index < -0.39 is 17.2 Å². The van der Waals surface area contributed by atoms with E-state index in [-0.39, 0.29) is 5.91 Å². The van der Waals surface area contributed by atoms with Gasteiger partial charge >= 0.3 is 5.97 Å². The Kier molecular flexibility index (Phi) is 4.30. The second-order valence-electron chi connectivity index (χ2n) is 5.69. The minimum absolute atomic E-state index is 0.220. The van der Waals surface area contributed by atoms with Crippen molar-refractivity contribution < 1.29 is 19.1 Å². The van der Waals surface area contributed by atoms with Gasteiger partial charge in [-0.05, 0) is 43.9 Å². The predicted octanol–water partition coefficient (Wildman–Crippen LogP) is 2.85. The number of carbonyl (C=O) groups is 2. The summed E-state index contributed by atoms with van der Waals surface area (Å²) in [7, 11) is 0. The fourth-order valence-corrected chi connectivity index (χ4v) is 2.85. The lowest BCUT2D eigenvalue weighted by Gasteiger charge is -2.38. The lowest BCUT2D eigenvalue weighted by atomic mass is 9.76. The van der Waals surface area contributed by atoms with Gasteiger partial charge in [-0.1, -0.05) is 13.0 Å². The number of piperidine rings is 1. The Morgan fingerprint density at radius 1 is 1.33 bits per heavy atom. The van der Waals surface area contributed by atoms with Gasteiger partial charge in [-0.25, -0.2) is 4.39 Å². The molecule has 0 aliphatic carbocycles. The van der Waals surface area contributed by atoms with Crippen molar-refractivity contribution in [1.29, 1.82) is 0 Å². The highest BCUT2D eigenvalue weighted by atomic mass is 19.1. The number of likely N-dealkylation sites (tertiary alicyclic amines) is 1. The first kappa shape index (κ1) is 15.5. The standard InChI is InChI=1S/C16H20FNO3/c1-3-16(15(20)21)6-8-18(9-7-16)14(19)13-10-12(17)5-4-11(13)2/h4-5,10H,3,6-9H2,1-2H3,(H,20,21). The largest absolute Gasteiger partial charge is 0.481 e. The number of hydrogen-bond donors (Lipinski definition) is 1. The molecule has 1 heterocycles. The fraction of sp³-hybridized carbons (Fsp3) is 0.500. The second kappa shape index (κ2) is 5.84. The SMILES string of the molecule is CCC1(C(=O)O)CCN(C(=O)c2cc(F)ccc2C)CC1. The number of nitrogens with zero attached hydrogens (tertiary/aromatic N) is 1. The molecule has 114 valence electrons. The summed E-state index contributed by atoms with van der Waals surface area (Å²) >= 11 is 0. The van der Waals surface area contributed by atoms with Gasteiger partial charge < -0.3 is 10.0 Å². The van der Waals surface area contributed by atoms with Crippen molar-refractivity contribution in [3.05, 3.63) is 35.1 Å². The van der Waals surface area contributed by atoms with Crippen LogP contribution in [0.4, 0.5) is 4.39 Å². The molecule has 4 nitrogen and oxygen atoms in total. The number of carboxylic acid groups (broad SMARTS) is 1. The molecule has 1 fully saturated rings. The molecule has 1 aliphatic rings. The number of rotatable bonds is 3. The van der Waals surface area contributed by atoms with Crippen LogP contribution >= 0.6 is 0 Å². The lowest BCUT2D eigenvalue weighted by molar-refractivity contribution is -0.152. The van der Waals surface area contributed by atoms with Crippen molar-refractivity contribution in [2.24, 2.45) is 5.41 Å². The highest BCUT2D eigenvalue weighted by Gasteiger charge is 2.41. The summed E-state index contributed by atoms with van der Waals surface area (Å²) in [6.07, 6.45) is 1.45. The molecule has 1 saturated heterocycles. The highest BCUT2D eigenvalue weighted by molar-refractivity contribution is 5.95. The Hall–Kier alpha value is -1.91. The minimum atomic E-state index is -0.793. The molecular weight excluding hydrogens is 273 g/mol. The average molecular weight is 293 g/mol. The van der Waals surface area contributed by atoms with Crippen molar-refractivity contribution in [3.8, 4) is 0 Å². The van der Waals surface area contributed by atoms with E-state index in [4.69, 9.17) is 0 Å². The topological polar surface area (TPSA) is 57.6 Å². The van der Waals surface area contributed by atoms with Gasteiger partial charge in [0.1, 0.15) is 5.82 Å². The third-order valence-electron chi connectivity index (χ3n) is 4.57. The number of hydrogen-bond acceptors (Lipinski definition) is 2. The molecule has 2 rings (SSSR count). The zero-order valence-electron chi connectivity index (χ0n) is 12.4. The van der Waals surface area contributed by atoms with Crippen LogP contribution in [0.3, 0.4) is 0 Å². The molecule has 5 heteroatoms. The summed E-state index contributed by atoms with van der Waals surface area (Å²) in [6, 6.07) is 4.16. The third-order valence-corrected chi connectivity index (χ3v) is 4.57. The van der Waals surface area contributed by atoms with Crippen molar-refractivity contribution in [3.63, 3.8) is 0 Å².